The van der Waals surface area contributed by atoms with Crippen LogP contribution in [0.3, 0.4) is 0 Å². The molecule has 6 heteroatoms. The summed E-state index contributed by atoms with van der Waals surface area (Å²) in [5.41, 5.74) is -1.44. The Labute approximate surface area is 144 Å². The van der Waals surface area contributed by atoms with Crippen molar-refractivity contribution in [3.8, 4) is 0 Å². The second-order valence-corrected chi connectivity index (χ2v) is 8.93. The molecule has 1 heterocycles. The average molecular weight is 352 g/mol. The van der Waals surface area contributed by atoms with E-state index in [0.29, 0.717) is 4.90 Å². The van der Waals surface area contributed by atoms with Crippen molar-refractivity contribution in [1.82, 2.24) is 0 Å². The maximum atomic E-state index is 13.2. The van der Waals surface area contributed by atoms with Crippen molar-refractivity contribution in [2.75, 3.05) is 0 Å². The Kier molecular flexibility index (Phi) is 4.45. The van der Waals surface area contributed by atoms with Crippen LogP contribution in [-0.4, -0.2) is 43.9 Å². The molecule has 0 bridgehead atoms. The number of aliphatic hydroxyl groups is 1. The molecule has 0 aromatic heterocycles. The van der Waals surface area contributed by atoms with Gasteiger partial charge in [-0.3, -0.25) is 9.00 Å². The predicted octanol–water partition coefficient (Wildman–Crippen LogP) is 2.04. The van der Waals surface area contributed by atoms with Crippen molar-refractivity contribution in [3.05, 3.63) is 30.3 Å². The van der Waals surface area contributed by atoms with Crippen molar-refractivity contribution >= 4 is 16.6 Å². The van der Waals surface area contributed by atoms with Gasteiger partial charge in [-0.15, -0.1) is 0 Å². The fraction of sp³-hybridized carbons (Fsp3) is 0.611. The molecule has 5 atom stereocenters. The first-order chi connectivity index (χ1) is 11.2. The fourth-order valence-corrected chi connectivity index (χ4v) is 5.26. The van der Waals surface area contributed by atoms with E-state index >= 15 is 0 Å². The first-order valence-electron chi connectivity index (χ1n) is 8.25. The van der Waals surface area contributed by atoms with Crippen LogP contribution in [0.5, 0.6) is 0 Å². The van der Waals surface area contributed by atoms with Gasteiger partial charge in [-0.25, -0.2) is 0 Å². The molecule has 0 radical (unpaired) electrons. The van der Waals surface area contributed by atoms with Crippen molar-refractivity contribution < 1.29 is 23.6 Å². The highest BCUT2D eigenvalue weighted by Crippen LogP contribution is 2.48. The first kappa shape index (κ1) is 17.7. The van der Waals surface area contributed by atoms with E-state index in [4.69, 9.17) is 9.47 Å². The average Bonchev–Trinajstić information content (AvgIpc) is 2.96. The van der Waals surface area contributed by atoms with Crippen LogP contribution in [0.4, 0.5) is 0 Å². The van der Waals surface area contributed by atoms with E-state index in [-0.39, 0.29) is 18.1 Å². The third kappa shape index (κ3) is 2.65. The normalized spacial score (nSPS) is 36.6. The van der Waals surface area contributed by atoms with Crippen molar-refractivity contribution in [1.29, 1.82) is 0 Å². The summed E-state index contributed by atoms with van der Waals surface area (Å²) in [5, 5.41) is 9.92. The first-order valence-corrected chi connectivity index (χ1v) is 9.46. The molecule has 0 amide bonds. The minimum absolute atomic E-state index is 0.0192. The summed E-state index contributed by atoms with van der Waals surface area (Å²) in [5.74, 6) is -1.30. The zero-order valence-electron chi connectivity index (χ0n) is 14.4. The second kappa shape index (κ2) is 6.02. The second-order valence-electron chi connectivity index (χ2n) is 7.29. The smallest absolute Gasteiger partial charge is 0.186 e. The third-order valence-electron chi connectivity index (χ3n) is 4.70. The highest BCUT2D eigenvalue weighted by molar-refractivity contribution is 7.86. The van der Waals surface area contributed by atoms with Crippen LogP contribution < -0.4 is 0 Å². The standard InChI is InChI=1S/C18H24O5S/c1-11(2)16-18(23-17(3,4)22-16)14(19)10-13(15(18)20)24(21)12-8-6-5-7-9-12/h5-9,11,13-14,16,19H,10H2,1-4H3. The van der Waals surface area contributed by atoms with E-state index in [1.165, 1.54) is 0 Å². The van der Waals surface area contributed by atoms with Gasteiger partial charge in [-0.1, -0.05) is 32.0 Å². The summed E-state index contributed by atoms with van der Waals surface area (Å²) < 4.78 is 24.7. The van der Waals surface area contributed by atoms with Gasteiger partial charge in [0.15, 0.2) is 17.2 Å². The van der Waals surface area contributed by atoms with Gasteiger partial charge in [-0.2, -0.15) is 0 Å². The molecule has 3 rings (SSSR count). The lowest BCUT2D eigenvalue weighted by Crippen LogP contribution is -2.55. The molecule has 2 fully saturated rings. The van der Waals surface area contributed by atoms with Gasteiger partial charge in [0.05, 0.1) is 16.9 Å². The number of ketones is 1. The lowest BCUT2D eigenvalue weighted by atomic mass is 9.85. The number of carbonyl (C=O) groups is 1. The minimum atomic E-state index is -1.53. The van der Waals surface area contributed by atoms with E-state index in [2.05, 4.69) is 0 Å². The van der Waals surface area contributed by atoms with Crippen LogP contribution in [0.25, 0.3) is 0 Å². The quantitative estimate of drug-likeness (QED) is 0.901. The van der Waals surface area contributed by atoms with E-state index in [1.807, 2.05) is 19.9 Å². The predicted molar refractivity (Wildman–Crippen MR) is 89.9 cm³/mol. The van der Waals surface area contributed by atoms with Crippen LogP contribution in [0.1, 0.15) is 34.1 Å². The largest absolute Gasteiger partial charge is 0.389 e. The number of rotatable bonds is 3. The van der Waals surface area contributed by atoms with E-state index in [0.717, 1.165) is 0 Å². The number of hydrogen-bond donors (Lipinski definition) is 1. The Morgan fingerprint density at radius 3 is 2.46 bits per heavy atom. The number of hydrogen-bond acceptors (Lipinski definition) is 5. The zero-order chi connectivity index (χ0) is 17.7. The minimum Gasteiger partial charge on any atom is -0.389 e. The molecule has 1 aliphatic carbocycles. The summed E-state index contributed by atoms with van der Waals surface area (Å²) in [6, 6.07) is 8.87. The van der Waals surface area contributed by atoms with Crippen LogP contribution >= 0.6 is 0 Å². The molecule has 132 valence electrons. The van der Waals surface area contributed by atoms with Crippen LogP contribution in [0.2, 0.25) is 0 Å². The molecule has 1 saturated heterocycles. The van der Waals surface area contributed by atoms with Gasteiger partial charge >= 0.3 is 0 Å². The van der Waals surface area contributed by atoms with E-state index < -0.39 is 39.6 Å². The molecule has 2 aliphatic rings. The van der Waals surface area contributed by atoms with Gasteiger partial charge in [0.25, 0.3) is 0 Å². The molecule has 1 aliphatic heterocycles. The highest BCUT2D eigenvalue weighted by atomic mass is 32.2. The molecule has 1 saturated carbocycles. The molecule has 5 unspecified atom stereocenters. The molecule has 1 spiro atoms. The Morgan fingerprint density at radius 1 is 1.25 bits per heavy atom. The summed E-state index contributed by atoms with van der Waals surface area (Å²) in [6.45, 7) is 7.33. The maximum absolute atomic E-state index is 13.2. The summed E-state index contributed by atoms with van der Waals surface area (Å²) in [7, 11) is -1.53. The van der Waals surface area contributed by atoms with Crippen LogP contribution in [0.15, 0.2) is 35.2 Å². The summed E-state index contributed by atoms with van der Waals surface area (Å²) in [4.78, 5) is 13.8. The number of benzene rings is 1. The van der Waals surface area contributed by atoms with Gasteiger partial charge < -0.3 is 14.6 Å². The Hall–Kier alpha value is -1.08. The Bertz CT molecular complexity index is 657. The number of Topliss-reactive ketones (excluding diaryl/α,β-unsaturated/α-hetero) is 1. The monoisotopic (exact) mass is 352 g/mol. The van der Waals surface area contributed by atoms with Crippen molar-refractivity contribution in [2.24, 2.45) is 5.92 Å². The molecular weight excluding hydrogens is 328 g/mol. The maximum Gasteiger partial charge on any atom is 0.186 e. The zero-order valence-corrected chi connectivity index (χ0v) is 15.2. The van der Waals surface area contributed by atoms with Crippen LogP contribution in [-0.2, 0) is 25.1 Å². The molecule has 24 heavy (non-hydrogen) atoms. The Balaban J connectivity index is 1.97. The highest BCUT2D eigenvalue weighted by Gasteiger charge is 2.68. The third-order valence-corrected chi connectivity index (χ3v) is 6.36. The van der Waals surface area contributed by atoms with Gasteiger partial charge in [0, 0.05) is 4.90 Å². The lowest BCUT2D eigenvalue weighted by Gasteiger charge is -2.32. The molecule has 1 aromatic rings. The number of ether oxygens (including phenoxy) is 2. The molecule has 1 aromatic carbocycles. The van der Waals surface area contributed by atoms with Crippen molar-refractivity contribution in [3.63, 3.8) is 0 Å². The van der Waals surface area contributed by atoms with E-state index in [1.54, 1.807) is 38.1 Å². The molecule has 1 N–H and O–H groups in total. The van der Waals surface area contributed by atoms with Gasteiger partial charge in [0.1, 0.15) is 11.4 Å². The molecule has 5 nitrogen and oxygen atoms in total. The SMILES string of the molecule is CC(C)C1OC(C)(C)OC12C(=O)C(S(=O)c1ccccc1)CC2O. The van der Waals surface area contributed by atoms with Crippen LogP contribution in [0, 0.1) is 5.92 Å². The fourth-order valence-electron chi connectivity index (χ4n) is 3.77. The lowest BCUT2D eigenvalue weighted by molar-refractivity contribution is -0.182. The van der Waals surface area contributed by atoms with Gasteiger partial charge in [0.2, 0.25) is 0 Å². The summed E-state index contributed by atoms with van der Waals surface area (Å²) in [6.07, 6.45) is -1.48. The topological polar surface area (TPSA) is 72.8 Å². The number of carbonyl (C=O) groups excluding carboxylic acids is 1. The van der Waals surface area contributed by atoms with Crippen molar-refractivity contribution in [2.45, 2.75) is 67.9 Å². The Morgan fingerprint density at radius 2 is 1.88 bits per heavy atom. The number of aliphatic hydroxyl groups excluding tert-OH is 1. The van der Waals surface area contributed by atoms with E-state index in [9.17, 15) is 14.1 Å². The van der Waals surface area contributed by atoms with Gasteiger partial charge in [-0.05, 0) is 38.3 Å². The summed E-state index contributed by atoms with van der Waals surface area (Å²) >= 11 is 0. The molecular formula is C18H24O5S.